The number of carbonyl (C=O) groups is 2. The number of aromatic nitrogens is 1. The van der Waals surface area contributed by atoms with Crippen LogP contribution in [0.1, 0.15) is 41.4 Å². The van der Waals surface area contributed by atoms with Gasteiger partial charge in [0.05, 0.1) is 5.56 Å². The van der Waals surface area contributed by atoms with Crippen molar-refractivity contribution >= 4 is 17.7 Å². The maximum Gasteiger partial charge on any atom is 0.303 e. The molecule has 0 aliphatic carbocycles. The smallest absolute Gasteiger partial charge is 0.303 e. The molecule has 6 heteroatoms. The number of hydrogen-bond acceptors (Lipinski definition) is 4. The summed E-state index contributed by atoms with van der Waals surface area (Å²) in [7, 11) is 0. The lowest BCUT2D eigenvalue weighted by atomic mass is 10.1. The summed E-state index contributed by atoms with van der Waals surface area (Å²) >= 11 is 0. The quantitative estimate of drug-likeness (QED) is 0.722. The largest absolute Gasteiger partial charge is 0.481 e. The number of carboxylic acid groups (broad SMARTS) is 1. The lowest BCUT2D eigenvalue weighted by Crippen LogP contribution is -2.23. The van der Waals surface area contributed by atoms with Crippen LogP contribution in [0.4, 0.5) is 5.82 Å². The van der Waals surface area contributed by atoms with Crippen molar-refractivity contribution in [3.8, 4) is 0 Å². The molecule has 1 aromatic rings. The first-order valence-electron chi connectivity index (χ1n) is 6.07. The lowest BCUT2D eigenvalue weighted by Gasteiger charge is -2.17. The zero-order valence-electron chi connectivity index (χ0n) is 11.4. The monoisotopic (exact) mass is 265 g/mol. The van der Waals surface area contributed by atoms with Crippen molar-refractivity contribution in [2.24, 2.45) is 5.73 Å². The number of aryl methyl sites for hydroxylation is 2. The van der Waals surface area contributed by atoms with E-state index in [4.69, 9.17) is 10.8 Å². The summed E-state index contributed by atoms with van der Waals surface area (Å²) in [5.74, 6) is -0.974. The summed E-state index contributed by atoms with van der Waals surface area (Å²) in [6.07, 6.45) is 0.507. The van der Waals surface area contributed by atoms with Gasteiger partial charge in [0.15, 0.2) is 0 Å². The fraction of sp³-hybridized carbons (Fsp3) is 0.462. The van der Waals surface area contributed by atoms with Gasteiger partial charge in [-0.3, -0.25) is 9.59 Å². The number of anilines is 1. The van der Waals surface area contributed by atoms with Crippen LogP contribution >= 0.6 is 0 Å². The number of carbonyl (C=O) groups excluding carboxylic acids is 1. The third kappa shape index (κ3) is 4.24. The van der Waals surface area contributed by atoms with Gasteiger partial charge in [-0.05, 0) is 38.8 Å². The van der Waals surface area contributed by atoms with E-state index in [1.54, 1.807) is 13.0 Å². The Morgan fingerprint density at radius 3 is 2.63 bits per heavy atom. The van der Waals surface area contributed by atoms with Crippen molar-refractivity contribution in [3.63, 3.8) is 0 Å². The van der Waals surface area contributed by atoms with Gasteiger partial charge in [-0.1, -0.05) is 0 Å². The summed E-state index contributed by atoms with van der Waals surface area (Å²) in [4.78, 5) is 26.2. The van der Waals surface area contributed by atoms with Crippen molar-refractivity contribution in [1.82, 2.24) is 4.98 Å². The summed E-state index contributed by atoms with van der Waals surface area (Å²) < 4.78 is 0. The molecular weight excluding hydrogens is 246 g/mol. The third-order valence-electron chi connectivity index (χ3n) is 2.77. The minimum atomic E-state index is -0.850. The van der Waals surface area contributed by atoms with E-state index in [0.29, 0.717) is 17.8 Å². The van der Waals surface area contributed by atoms with Crippen LogP contribution in [0, 0.1) is 13.8 Å². The number of aliphatic carboxylic acids is 1. The maximum atomic E-state index is 11.4. The third-order valence-corrected chi connectivity index (χ3v) is 2.77. The highest BCUT2D eigenvalue weighted by atomic mass is 16.4. The van der Waals surface area contributed by atoms with Gasteiger partial charge in [-0.2, -0.15) is 0 Å². The summed E-state index contributed by atoms with van der Waals surface area (Å²) in [5.41, 5.74) is 7.24. The van der Waals surface area contributed by atoms with E-state index in [2.05, 4.69) is 10.3 Å². The number of amides is 1. The molecule has 1 amide bonds. The Hall–Kier alpha value is -2.11. The molecule has 0 saturated heterocycles. The molecule has 1 atom stereocenters. The summed E-state index contributed by atoms with van der Waals surface area (Å²) in [5, 5.41) is 11.7. The number of primary amides is 1. The molecule has 104 valence electrons. The minimum absolute atomic E-state index is 0.0604. The molecule has 1 heterocycles. The van der Waals surface area contributed by atoms with Gasteiger partial charge in [0.1, 0.15) is 5.82 Å². The Bertz CT molecular complexity index is 500. The molecule has 1 rings (SSSR count). The van der Waals surface area contributed by atoms with Crippen molar-refractivity contribution in [2.45, 2.75) is 39.7 Å². The Labute approximate surface area is 112 Å². The second-order valence-electron chi connectivity index (χ2n) is 4.65. The second kappa shape index (κ2) is 6.17. The zero-order chi connectivity index (χ0) is 14.6. The normalized spacial score (nSPS) is 11.9. The Morgan fingerprint density at radius 2 is 2.11 bits per heavy atom. The van der Waals surface area contributed by atoms with E-state index in [9.17, 15) is 9.59 Å². The Balaban J connectivity index is 2.93. The van der Waals surface area contributed by atoms with Gasteiger partial charge in [-0.25, -0.2) is 4.98 Å². The molecule has 0 aromatic carbocycles. The highest BCUT2D eigenvalue weighted by Gasteiger charge is 2.16. The van der Waals surface area contributed by atoms with Crippen LogP contribution in [0.3, 0.4) is 0 Å². The van der Waals surface area contributed by atoms with Gasteiger partial charge < -0.3 is 16.2 Å². The van der Waals surface area contributed by atoms with Gasteiger partial charge in [0, 0.05) is 18.2 Å². The predicted molar refractivity (Wildman–Crippen MR) is 72.2 cm³/mol. The summed E-state index contributed by atoms with van der Waals surface area (Å²) in [6.45, 7) is 5.46. The van der Waals surface area contributed by atoms with Crippen LogP contribution < -0.4 is 11.1 Å². The molecule has 0 spiro atoms. The molecule has 6 nitrogen and oxygen atoms in total. The number of carboxylic acids is 1. The molecule has 0 fully saturated rings. The molecule has 0 aliphatic heterocycles. The standard InChI is InChI=1S/C13H19N3O3/c1-7-6-9(3)16-13(11(7)12(14)19)15-8(2)4-5-10(17)18/h6,8H,4-5H2,1-3H3,(H2,14,19)(H,15,16)(H,17,18). The van der Waals surface area contributed by atoms with E-state index < -0.39 is 11.9 Å². The Morgan fingerprint density at radius 1 is 1.47 bits per heavy atom. The average molecular weight is 265 g/mol. The summed E-state index contributed by atoms with van der Waals surface area (Å²) in [6, 6.07) is 1.68. The first-order valence-corrected chi connectivity index (χ1v) is 6.07. The van der Waals surface area contributed by atoms with Crippen molar-refractivity contribution < 1.29 is 14.7 Å². The van der Waals surface area contributed by atoms with Crippen LogP contribution in [-0.2, 0) is 4.79 Å². The van der Waals surface area contributed by atoms with E-state index in [1.165, 1.54) is 0 Å². The molecule has 19 heavy (non-hydrogen) atoms. The number of rotatable bonds is 6. The fourth-order valence-electron chi connectivity index (χ4n) is 1.90. The number of pyridine rings is 1. The molecule has 0 bridgehead atoms. The van der Waals surface area contributed by atoms with Crippen LogP contribution in [-0.4, -0.2) is 28.0 Å². The van der Waals surface area contributed by atoms with E-state index in [-0.39, 0.29) is 12.5 Å². The molecule has 0 saturated carbocycles. The topological polar surface area (TPSA) is 105 Å². The van der Waals surface area contributed by atoms with E-state index in [1.807, 2.05) is 13.8 Å². The highest BCUT2D eigenvalue weighted by Crippen LogP contribution is 2.19. The molecule has 4 N–H and O–H groups in total. The number of nitrogens with zero attached hydrogens (tertiary/aromatic N) is 1. The van der Waals surface area contributed by atoms with E-state index in [0.717, 1.165) is 11.3 Å². The fourth-order valence-corrected chi connectivity index (χ4v) is 1.90. The molecule has 1 aromatic heterocycles. The number of nitrogens with one attached hydrogen (secondary N) is 1. The van der Waals surface area contributed by atoms with Crippen LogP contribution in [0.5, 0.6) is 0 Å². The first kappa shape index (κ1) is 14.9. The van der Waals surface area contributed by atoms with Gasteiger partial charge in [0.2, 0.25) is 0 Å². The van der Waals surface area contributed by atoms with Crippen LogP contribution in [0.25, 0.3) is 0 Å². The molecule has 0 aliphatic rings. The van der Waals surface area contributed by atoms with Crippen LogP contribution in [0.2, 0.25) is 0 Å². The minimum Gasteiger partial charge on any atom is -0.481 e. The van der Waals surface area contributed by atoms with E-state index >= 15 is 0 Å². The second-order valence-corrected chi connectivity index (χ2v) is 4.65. The van der Waals surface area contributed by atoms with Crippen molar-refractivity contribution in [1.29, 1.82) is 0 Å². The van der Waals surface area contributed by atoms with Crippen molar-refractivity contribution in [2.75, 3.05) is 5.32 Å². The SMILES string of the molecule is Cc1cc(C)c(C(N)=O)c(NC(C)CCC(=O)O)n1. The van der Waals surface area contributed by atoms with Crippen LogP contribution in [0.15, 0.2) is 6.07 Å². The highest BCUT2D eigenvalue weighted by molar-refractivity contribution is 5.99. The predicted octanol–water partition coefficient (Wildman–Crippen LogP) is 1.46. The number of nitrogens with two attached hydrogens (primary N) is 1. The molecule has 0 radical (unpaired) electrons. The average Bonchev–Trinajstić information content (AvgIpc) is 2.24. The zero-order valence-corrected chi connectivity index (χ0v) is 11.4. The van der Waals surface area contributed by atoms with Gasteiger partial charge >= 0.3 is 5.97 Å². The van der Waals surface area contributed by atoms with Gasteiger partial charge in [0.25, 0.3) is 5.91 Å². The lowest BCUT2D eigenvalue weighted by molar-refractivity contribution is -0.137. The van der Waals surface area contributed by atoms with Crippen molar-refractivity contribution in [3.05, 3.63) is 22.9 Å². The van der Waals surface area contributed by atoms with Gasteiger partial charge in [-0.15, -0.1) is 0 Å². The maximum absolute atomic E-state index is 11.4. The number of hydrogen-bond donors (Lipinski definition) is 3. The first-order chi connectivity index (χ1) is 8.81. The Kier molecular flexibility index (Phi) is 4.86. The molecular formula is C13H19N3O3. The molecule has 1 unspecified atom stereocenters.